The molecule has 3 rings (SSSR count). The molecule has 1 saturated heterocycles. The summed E-state index contributed by atoms with van der Waals surface area (Å²) in [6.45, 7) is 3.47. The number of carboxylic acid groups (broad SMARTS) is 1. The van der Waals surface area contributed by atoms with Gasteiger partial charge in [0.1, 0.15) is 18.0 Å². The Balaban J connectivity index is 1.74. The average molecular weight is 276 g/mol. The van der Waals surface area contributed by atoms with Crippen molar-refractivity contribution in [2.75, 3.05) is 23.3 Å². The van der Waals surface area contributed by atoms with Crippen molar-refractivity contribution in [1.29, 1.82) is 0 Å². The van der Waals surface area contributed by atoms with Crippen LogP contribution < -0.4 is 10.2 Å². The number of hydrogen-bond acceptors (Lipinski definition) is 5. The second kappa shape index (κ2) is 5.26. The van der Waals surface area contributed by atoms with Gasteiger partial charge in [-0.15, -0.1) is 0 Å². The molecule has 1 aromatic rings. The Morgan fingerprint density at radius 3 is 2.90 bits per heavy atom. The number of anilines is 2. The zero-order valence-corrected chi connectivity index (χ0v) is 11.6. The van der Waals surface area contributed by atoms with Crippen molar-refractivity contribution in [3.63, 3.8) is 0 Å². The average Bonchev–Trinajstić information content (AvgIpc) is 3.22. The van der Waals surface area contributed by atoms with Gasteiger partial charge in [-0.2, -0.15) is 0 Å². The molecule has 2 unspecified atom stereocenters. The van der Waals surface area contributed by atoms with Crippen molar-refractivity contribution in [2.45, 2.75) is 32.2 Å². The van der Waals surface area contributed by atoms with E-state index in [1.807, 2.05) is 6.07 Å². The Hall–Kier alpha value is -1.85. The molecule has 0 bridgehead atoms. The van der Waals surface area contributed by atoms with Gasteiger partial charge in [-0.25, -0.2) is 9.97 Å². The summed E-state index contributed by atoms with van der Waals surface area (Å²) in [5, 5.41) is 12.6. The smallest absolute Gasteiger partial charge is 0.308 e. The minimum absolute atomic E-state index is 0.312. The predicted octanol–water partition coefficient (Wildman–Crippen LogP) is 1.60. The molecule has 1 saturated carbocycles. The van der Waals surface area contributed by atoms with Crippen LogP contribution >= 0.6 is 0 Å². The fourth-order valence-electron chi connectivity index (χ4n) is 2.75. The summed E-state index contributed by atoms with van der Waals surface area (Å²) in [6.07, 6.45) is 4.68. The molecular weight excluding hydrogens is 256 g/mol. The lowest BCUT2D eigenvalue weighted by Gasteiger charge is -2.35. The number of piperidine rings is 1. The van der Waals surface area contributed by atoms with Crippen molar-refractivity contribution in [1.82, 2.24) is 9.97 Å². The third-order valence-electron chi connectivity index (χ3n) is 3.91. The second-order valence-electron chi connectivity index (χ2n) is 5.96. The summed E-state index contributed by atoms with van der Waals surface area (Å²) < 4.78 is 0. The maximum Gasteiger partial charge on any atom is 0.308 e. The normalized spacial score (nSPS) is 26.4. The maximum atomic E-state index is 11.2. The Bertz CT molecular complexity index is 504. The fraction of sp³-hybridized carbons (Fsp3) is 0.643. The Labute approximate surface area is 118 Å². The van der Waals surface area contributed by atoms with Crippen LogP contribution in [-0.4, -0.2) is 40.2 Å². The molecule has 20 heavy (non-hydrogen) atoms. The highest BCUT2D eigenvalue weighted by atomic mass is 16.4. The summed E-state index contributed by atoms with van der Waals surface area (Å²) in [4.78, 5) is 21.8. The van der Waals surface area contributed by atoms with Crippen LogP contribution in [0.25, 0.3) is 0 Å². The van der Waals surface area contributed by atoms with Gasteiger partial charge in [-0.05, 0) is 25.2 Å². The quantitative estimate of drug-likeness (QED) is 0.869. The first-order valence-electron chi connectivity index (χ1n) is 7.18. The highest BCUT2D eigenvalue weighted by Crippen LogP contribution is 2.28. The molecule has 6 nitrogen and oxygen atoms in total. The molecule has 2 fully saturated rings. The molecule has 2 heterocycles. The van der Waals surface area contributed by atoms with Crippen LogP contribution in [0.1, 0.15) is 26.2 Å². The monoisotopic (exact) mass is 276 g/mol. The zero-order chi connectivity index (χ0) is 14.1. The first-order valence-corrected chi connectivity index (χ1v) is 7.18. The SMILES string of the molecule is CC1CC(C(=O)O)CN(c2cc(NC3CC3)ncn2)C1. The van der Waals surface area contributed by atoms with E-state index in [2.05, 4.69) is 27.1 Å². The van der Waals surface area contributed by atoms with Crippen molar-refractivity contribution in [3.8, 4) is 0 Å². The molecule has 2 aliphatic rings. The summed E-state index contributed by atoms with van der Waals surface area (Å²) in [7, 11) is 0. The molecule has 1 aromatic heterocycles. The van der Waals surface area contributed by atoms with Crippen LogP contribution in [0.2, 0.25) is 0 Å². The zero-order valence-electron chi connectivity index (χ0n) is 11.6. The number of aliphatic carboxylic acids is 1. The summed E-state index contributed by atoms with van der Waals surface area (Å²) in [6, 6.07) is 2.47. The molecule has 108 valence electrons. The maximum absolute atomic E-state index is 11.2. The first-order chi connectivity index (χ1) is 9.61. The van der Waals surface area contributed by atoms with E-state index in [0.717, 1.165) is 24.6 Å². The number of carbonyl (C=O) groups is 1. The number of hydrogen-bond donors (Lipinski definition) is 2. The number of aromatic nitrogens is 2. The number of rotatable bonds is 4. The first kappa shape index (κ1) is 13.1. The van der Waals surface area contributed by atoms with Crippen LogP contribution in [0, 0.1) is 11.8 Å². The van der Waals surface area contributed by atoms with Crippen molar-refractivity contribution >= 4 is 17.6 Å². The number of nitrogens with zero attached hydrogens (tertiary/aromatic N) is 3. The lowest BCUT2D eigenvalue weighted by molar-refractivity contribution is -0.142. The number of carboxylic acids is 1. The van der Waals surface area contributed by atoms with Gasteiger partial charge < -0.3 is 15.3 Å². The van der Waals surface area contributed by atoms with Gasteiger partial charge in [-0.3, -0.25) is 4.79 Å². The van der Waals surface area contributed by atoms with Crippen LogP contribution in [-0.2, 0) is 4.79 Å². The molecule has 6 heteroatoms. The van der Waals surface area contributed by atoms with Crippen LogP contribution in [0.3, 0.4) is 0 Å². The minimum atomic E-state index is -0.716. The van der Waals surface area contributed by atoms with Gasteiger partial charge in [0.15, 0.2) is 0 Å². The lowest BCUT2D eigenvalue weighted by Crippen LogP contribution is -2.43. The minimum Gasteiger partial charge on any atom is -0.481 e. The van der Waals surface area contributed by atoms with E-state index in [0.29, 0.717) is 18.5 Å². The third-order valence-corrected chi connectivity index (χ3v) is 3.91. The number of nitrogens with one attached hydrogen (secondary N) is 1. The highest BCUT2D eigenvalue weighted by molar-refractivity contribution is 5.71. The van der Waals surface area contributed by atoms with Gasteiger partial charge in [0, 0.05) is 25.2 Å². The van der Waals surface area contributed by atoms with E-state index >= 15 is 0 Å². The second-order valence-corrected chi connectivity index (χ2v) is 5.96. The van der Waals surface area contributed by atoms with Gasteiger partial charge >= 0.3 is 5.97 Å². The van der Waals surface area contributed by atoms with Crippen molar-refractivity contribution in [2.24, 2.45) is 11.8 Å². The van der Waals surface area contributed by atoms with Crippen LogP contribution in [0.15, 0.2) is 12.4 Å². The Morgan fingerprint density at radius 2 is 2.20 bits per heavy atom. The molecule has 0 aromatic carbocycles. The highest BCUT2D eigenvalue weighted by Gasteiger charge is 2.30. The summed E-state index contributed by atoms with van der Waals surface area (Å²) in [5.41, 5.74) is 0. The van der Waals surface area contributed by atoms with Gasteiger partial charge in [0.25, 0.3) is 0 Å². The van der Waals surface area contributed by atoms with Crippen LogP contribution in [0.4, 0.5) is 11.6 Å². The van der Waals surface area contributed by atoms with E-state index < -0.39 is 5.97 Å². The molecule has 0 amide bonds. The Morgan fingerprint density at radius 1 is 1.40 bits per heavy atom. The predicted molar refractivity (Wildman–Crippen MR) is 75.8 cm³/mol. The molecule has 0 spiro atoms. The molecule has 2 N–H and O–H groups in total. The van der Waals surface area contributed by atoms with Crippen molar-refractivity contribution in [3.05, 3.63) is 12.4 Å². The summed E-state index contributed by atoms with van der Waals surface area (Å²) in [5.74, 6) is 0.990. The van der Waals surface area contributed by atoms with Gasteiger partial charge in [-0.1, -0.05) is 6.92 Å². The van der Waals surface area contributed by atoms with Crippen molar-refractivity contribution < 1.29 is 9.90 Å². The fourth-order valence-corrected chi connectivity index (χ4v) is 2.75. The molecule has 0 radical (unpaired) electrons. The van der Waals surface area contributed by atoms with Crippen LogP contribution in [0.5, 0.6) is 0 Å². The molecular formula is C14H20N4O2. The van der Waals surface area contributed by atoms with E-state index in [1.165, 1.54) is 12.8 Å². The summed E-state index contributed by atoms with van der Waals surface area (Å²) >= 11 is 0. The largest absolute Gasteiger partial charge is 0.481 e. The van der Waals surface area contributed by atoms with Gasteiger partial charge in [0.05, 0.1) is 5.92 Å². The van der Waals surface area contributed by atoms with E-state index in [4.69, 9.17) is 0 Å². The van der Waals surface area contributed by atoms with Gasteiger partial charge in [0.2, 0.25) is 0 Å². The molecule has 1 aliphatic carbocycles. The van der Waals surface area contributed by atoms with E-state index in [1.54, 1.807) is 6.33 Å². The topological polar surface area (TPSA) is 78.4 Å². The molecule has 2 atom stereocenters. The van der Waals surface area contributed by atoms with E-state index in [9.17, 15) is 9.90 Å². The molecule has 1 aliphatic heterocycles. The van der Waals surface area contributed by atoms with E-state index in [-0.39, 0.29) is 5.92 Å². The third kappa shape index (κ3) is 3.00. The Kier molecular flexibility index (Phi) is 3.46. The standard InChI is InChI=1S/C14H20N4O2/c1-9-4-10(14(19)20)7-18(6-9)13-5-12(15-8-16-13)17-11-2-3-11/h5,8-11H,2-4,6-7H2,1H3,(H,19,20)(H,15,16,17). The lowest BCUT2D eigenvalue weighted by atomic mass is 9.90.